The highest BCUT2D eigenvalue weighted by Crippen LogP contribution is 2.30. The van der Waals surface area contributed by atoms with Gasteiger partial charge in [-0.2, -0.15) is 0 Å². The summed E-state index contributed by atoms with van der Waals surface area (Å²) in [5.74, 6) is 0.348. The van der Waals surface area contributed by atoms with Crippen LogP contribution in [0, 0.1) is 5.92 Å². The molecule has 0 saturated carbocycles. The van der Waals surface area contributed by atoms with E-state index >= 15 is 0 Å². The SMILES string of the molecule is CN1CC(CN(C)C(=O)c2ccc3cc(-c4cc5ccccc5n4C)ccc3c2)CC1=O. The molecule has 1 atom stereocenters. The third kappa shape index (κ3) is 3.54. The Hall–Kier alpha value is -3.60. The lowest BCUT2D eigenvalue weighted by molar-refractivity contribution is -0.126. The van der Waals surface area contributed by atoms with E-state index in [1.807, 2.05) is 32.3 Å². The highest BCUT2D eigenvalue weighted by atomic mass is 16.2. The molecule has 4 aromatic rings. The third-order valence-electron chi connectivity index (χ3n) is 6.63. The van der Waals surface area contributed by atoms with Gasteiger partial charge in [-0.3, -0.25) is 9.59 Å². The highest BCUT2D eigenvalue weighted by molar-refractivity contribution is 5.99. The number of fused-ring (bicyclic) bond motifs is 2. The zero-order valence-electron chi connectivity index (χ0n) is 18.7. The van der Waals surface area contributed by atoms with Crippen LogP contribution in [-0.4, -0.2) is 53.4 Å². The van der Waals surface area contributed by atoms with E-state index in [4.69, 9.17) is 0 Å². The molecule has 1 aliphatic heterocycles. The van der Waals surface area contributed by atoms with E-state index < -0.39 is 0 Å². The first-order chi connectivity index (χ1) is 15.4. The predicted molar refractivity (Wildman–Crippen MR) is 129 cm³/mol. The summed E-state index contributed by atoms with van der Waals surface area (Å²) in [5.41, 5.74) is 4.21. The van der Waals surface area contributed by atoms with Crippen LogP contribution < -0.4 is 0 Å². The molecule has 0 bridgehead atoms. The molecule has 5 nitrogen and oxygen atoms in total. The number of likely N-dealkylation sites (tertiary alicyclic amines) is 1. The average molecular weight is 426 g/mol. The Kier molecular flexibility index (Phi) is 4.97. The van der Waals surface area contributed by atoms with Crippen LogP contribution in [0.4, 0.5) is 0 Å². The summed E-state index contributed by atoms with van der Waals surface area (Å²) >= 11 is 0. The fraction of sp³-hybridized carbons (Fsp3) is 0.259. The van der Waals surface area contributed by atoms with Gasteiger partial charge >= 0.3 is 0 Å². The number of hydrogen-bond acceptors (Lipinski definition) is 2. The molecule has 2 amide bonds. The Morgan fingerprint density at radius 2 is 1.72 bits per heavy atom. The molecule has 0 N–H and O–H groups in total. The zero-order chi connectivity index (χ0) is 22.4. The quantitative estimate of drug-likeness (QED) is 0.482. The van der Waals surface area contributed by atoms with Gasteiger partial charge in [-0.15, -0.1) is 0 Å². The van der Waals surface area contributed by atoms with Crippen LogP contribution in [-0.2, 0) is 11.8 Å². The Bertz CT molecular complexity index is 1350. The largest absolute Gasteiger partial charge is 0.345 e. The average Bonchev–Trinajstić information content (AvgIpc) is 3.30. The second-order valence-electron chi connectivity index (χ2n) is 8.95. The molecule has 1 aromatic heterocycles. The van der Waals surface area contributed by atoms with E-state index in [2.05, 4.69) is 60.1 Å². The lowest BCUT2D eigenvalue weighted by atomic mass is 10.0. The molecular weight excluding hydrogens is 398 g/mol. The molecule has 0 aliphatic carbocycles. The molecular formula is C27H27N3O2. The Labute approximate surface area is 187 Å². The molecule has 2 heterocycles. The van der Waals surface area contributed by atoms with Gasteiger partial charge < -0.3 is 14.4 Å². The topological polar surface area (TPSA) is 45.5 Å². The maximum atomic E-state index is 13.0. The van der Waals surface area contributed by atoms with Crippen LogP contribution in [0.1, 0.15) is 16.8 Å². The van der Waals surface area contributed by atoms with Crippen molar-refractivity contribution in [1.29, 1.82) is 0 Å². The van der Waals surface area contributed by atoms with E-state index in [0.717, 1.165) is 16.3 Å². The minimum absolute atomic E-state index is 0.00772. The van der Waals surface area contributed by atoms with Crippen LogP contribution >= 0.6 is 0 Å². The normalized spacial score (nSPS) is 16.3. The van der Waals surface area contributed by atoms with Crippen molar-refractivity contribution in [2.45, 2.75) is 6.42 Å². The third-order valence-corrected chi connectivity index (χ3v) is 6.63. The summed E-state index contributed by atoms with van der Waals surface area (Å²) in [6, 6.07) is 22.9. The molecule has 5 heteroatoms. The molecule has 3 aromatic carbocycles. The Morgan fingerprint density at radius 3 is 2.47 bits per heavy atom. The van der Waals surface area contributed by atoms with Crippen molar-refractivity contribution < 1.29 is 9.59 Å². The predicted octanol–water partition coefficient (Wildman–Crippen LogP) is 4.55. The monoisotopic (exact) mass is 425 g/mol. The number of para-hydroxylation sites is 1. The van der Waals surface area contributed by atoms with E-state index in [1.54, 1.807) is 9.80 Å². The number of carbonyl (C=O) groups is 2. The number of rotatable bonds is 4. The molecule has 1 aliphatic rings. The first kappa shape index (κ1) is 20.3. The van der Waals surface area contributed by atoms with Gasteiger partial charge in [0.15, 0.2) is 0 Å². The summed E-state index contributed by atoms with van der Waals surface area (Å²) in [4.78, 5) is 28.3. The second kappa shape index (κ2) is 7.83. The van der Waals surface area contributed by atoms with Crippen molar-refractivity contribution in [2.75, 3.05) is 27.2 Å². The lowest BCUT2D eigenvalue weighted by Crippen LogP contribution is -2.32. The summed E-state index contributed by atoms with van der Waals surface area (Å²) in [7, 11) is 5.73. The van der Waals surface area contributed by atoms with Gasteiger partial charge in [0.2, 0.25) is 5.91 Å². The van der Waals surface area contributed by atoms with Crippen LogP contribution in [0.5, 0.6) is 0 Å². The minimum atomic E-state index is -0.00772. The number of benzene rings is 3. The van der Waals surface area contributed by atoms with Gasteiger partial charge in [0, 0.05) is 68.7 Å². The summed E-state index contributed by atoms with van der Waals surface area (Å²) in [6.45, 7) is 1.30. The fourth-order valence-electron chi connectivity index (χ4n) is 4.87. The zero-order valence-corrected chi connectivity index (χ0v) is 18.7. The van der Waals surface area contributed by atoms with Crippen LogP contribution in [0.2, 0.25) is 0 Å². The Morgan fingerprint density at radius 1 is 0.969 bits per heavy atom. The summed E-state index contributed by atoms with van der Waals surface area (Å²) in [5, 5.41) is 3.38. The lowest BCUT2D eigenvalue weighted by Gasteiger charge is -2.21. The van der Waals surface area contributed by atoms with Crippen LogP contribution in [0.3, 0.4) is 0 Å². The van der Waals surface area contributed by atoms with Crippen molar-refractivity contribution in [1.82, 2.24) is 14.4 Å². The number of hydrogen-bond donors (Lipinski definition) is 0. The number of aromatic nitrogens is 1. The summed E-state index contributed by atoms with van der Waals surface area (Å²) < 4.78 is 2.22. The van der Waals surface area contributed by atoms with Gasteiger partial charge in [0.1, 0.15) is 0 Å². The Balaban J connectivity index is 1.39. The van der Waals surface area contributed by atoms with Crippen molar-refractivity contribution in [3.05, 3.63) is 72.3 Å². The van der Waals surface area contributed by atoms with E-state index in [9.17, 15) is 9.59 Å². The number of carbonyl (C=O) groups excluding carboxylic acids is 2. The van der Waals surface area contributed by atoms with E-state index in [0.29, 0.717) is 25.1 Å². The first-order valence-corrected chi connectivity index (χ1v) is 11.0. The molecule has 0 radical (unpaired) electrons. The maximum Gasteiger partial charge on any atom is 0.253 e. The highest BCUT2D eigenvalue weighted by Gasteiger charge is 2.28. The van der Waals surface area contributed by atoms with Gasteiger partial charge in [-0.25, -0.2) is 0 Å². The second-order valence-corrected chi connectivity index (χ2v) is 8.95. The smallest absolute Gasteiger partial charge is 0.253 e. The first-order valence-electron chi connectivity index (χ1n) is 11.0. The van der Waals surface area contributed by atoms with Gasteiger partial charge in [-0.05, 0) is 46.7 Å². The molecule has 1 unspecified atom stereocenters. The molecule has 162 valence electrons. The van der Waals surface area contributed by atoms with Gasteiger partial charge in [-0.1, -0.05) is 36.4 Å². The molecule has 1 fully saturated rings. The fourth-order valence-corrected chi connectivity index (χ4v) is 4.87. The molecule has 0 spiro atoms. The van der Waals surface area contributed by atoms with E-state index in [1.165, 1.54) is 16.6 Å². The van der Waals surface area contributed by atoms with Gasteiger partial charge in [0.05, 0.1) is 0 Å². The number of nitrogens with zero attached hydrogens (tertiary/aromatic N) is 3. The van der Waals surface area contributed by atoms with Crippen LogP contribution in [0.15, 0.2) is 66.7 Å². The van der Waals surface area contributed by atoms with Gasteiger partial charge in [0.25, 0.3) is 5.91 Å². The van der Waals surface area contributed by atoms with Crippen molar-refractivity contribution in [2.24, 2.45) is 13.0 Å². The molecule has 32 heavy (non-hydrogen) atoms. The minimum Gasteiger partial charge on any atom is -0.345 e. The summed E-state index contributed by atoms with van der Waals surface area (Å²) in [6.07, 6.45) is 0.517. The van der Waals surface area contributed by atoms with Crippen molar-refractivity contribution in [3.8, 4) is 11.3 Å². The maximum absolute atomic E-state index is 13.0. The number of amides is 2. The van der Waals surface area contributed by atoms with Crippen LogP contribution in [0.25, 0.3) is 32.9 Å². The van der Waals surface area contributed by atoms with E-state index in [-0.39, 0.29) is 17.7 Å². The molecule has 5 rings (SSSR count). The molecule has 1 saturated heterocycles. The van der Waals surface area contributed by atoms with Crippen molar-refractivity contribution in [3.63, 3.8) is 0 Å². The standard InChI is InChI=1S/C27H27N3O2/c1-28-16-18(12-26(28)31)17-29(2)27(32)23-11-9-19-13-22(10-8-20(19)14-23)25-15-21-6-4-5-7-24(21)30(25)3/h4-11,13-15,18H,12,16-17H2,1-3H3. The number of aryl methyl sites for hydroxylation is 1. The van der Waals surface area contributed by atoms with Crippen molar-refractivity contribution >= 4 is 33.5 Å².